The molecule has 0 bridgehead atoms. The van der Waals surface area contributed by atoms with Crippen LogP contribution in [0.25, 0.3) is 0 Å². The van der Waals surface area contributed by atoms with Crippen LogP contribution in [0.5, 0.6) is 0 Å². The highest BCUT2D eigenvalue weighted by atomic mass is 79.9. The summed E-state index contributed by atoms with van der Waals surface area (Å²) >= 11 is 8.98. The summed E-state index contributed by atoms with van der Waals surface area (Å²) in [6.45, 7) is 0.0759. The number of rotatable bonds is 5. The van der Waals surface area contributed by atoms with E-state index < -0.39 is 12.1 Å². The van der Waals surface area contributed by atoms with Gasteiger partial charge in [0, 0.05) is 23.0 Å². The third-order valence-electron chi connectivity index (χ3n) is 2.17. The van der Waals surface area contributed by atoms with Gasteiger partial charge >= 0.3 is 5.97 Å². The molecule has 3 N–H and O–H groups in total. The average Bonchev–Trinajstić information content (AvgIpc) is 2.32. The molecule has 98 valence electrons. The number of hydrogen-bond acceptors (Lipinski definition) is 3. The van der Waals surface area contributed by atoms with E-state index in [2.05, 4.69) is 21.2 Å². The molecule has 18 heavy (non-hydrogen) atoms. The van der Waals surface area contributed by atoms with E-state index in [9.17, 15) is 9.59 Å². The molecule has 5 nitrogen and oxygen atoms in total. The van der Waals surface area contributed by atoms with E-state index >= 15 is 0 Å². The summed E-state index contributed by atoms with van der Waals surface area (Å²) < 4.78 is 0.599. The lowest BCUT2D eigenvalue weighted by atomic mass is 10.2. The van der Waals surface area contributed by atoms with E-state index in [1.165, 1.54) is 0 Å². The van der Waals surface area contributed by atoms with Crippen LogP contribution < -0.4 is 5.32 Å². The average molecular weight is 337 g/mol. The van der Waals surface area contributed by atoms with Gasteiger partial charge in [0.1, 0.15) is 0 Å². The van der Waals surface area contributed by atoms with Crippen LogP contribution in [0, 0.1) is 0 Å². The zero-order chi connectivity index (χ0) is 13.7. The lowest BCUT2D eigenvalue weighted by Crippen LogP contribution is -2.30. The molecule has 0 aliphatic heterocycles. The van der Waals surface area contributed by atoms with Crippen LogP contribution >= 0.6 is 27.5 Å². The van der Waals surface area contributed by atoms with E-state index in [0.29, 0.717) is 15.1 Å². The second-order valence-corrected chi connectivity index (χ2v) is 4.79. The first kappa shape index (κ1) is 14.9. The largest absolute Gasteiger partial charge is 0.479 e. The Morgan fingerprint density at radius 1 is 1.44 bits per heavy atom. The van der Waals surface area contributed by atoms with Gasteiger partial charge in [-0.15, -0.1) is 0 Å². The predicted molar refractivity (Wildman–Crippen MR) is 69.7 cm³/mol. The van der Waals surface area contributed by atoms with Crippen LogP contribution in [-0.4, -0.2) is 34.7 Å². The highest BCUT2D eigenvalue weighted by Gasteiger charge is 2.13. The number of carbonyl (C=O) groups is 2. The van der Waals surface area contributed by atoms with Gasteiger partial charge in [0.15, 0.2) is 6.10 Å². The third-order valence-corrected chi connectivity index (χ3v) is 3.38. The van der Waals surface area contributed by atoms with E-state index in [1.807, 2.05) is 0 Å². The summed E-state index contributed by atoms with van der Waals surface area (Å²) in [6.07, 6.45) is -1.52. The Hall–Kier alpha value is -1.11. The molecule has 1 unspecified atom stereocenters. The zero-order valence-electron chi connectivity index (χ0n) is 9.19. The summed E-state index contributed by atoms with van der Waals surface area (Å²) in [5.41, 5.74) is 0.399. The van der Waals surface area contributed by atoms with Crippen molar-refractivity contribution in [1.29, 1.82) is 0 Å². The SMILES string of the molecule is O=C(NCCC(O)C(=O)O)c1ccc(Cl)c(Br)c1. The van der Waals surface area contributed by atoms with Crippen LogP contribution in [-0.2, 0) is 4.79 Å². The van der Waals surface area contributed by atoms with Gasteiger partial charge in [-0.1, -0.05) is 11.6 Å². The number of hydrogen-bond donors (Lipinski definition) is 3. The number of carboxylic acids is 1. The zero-order valence-corrected chi connectivity index (χ0v) is 11.5. The molecule has 0 spiro atoms. The first-order valence-corrected chi connectivity index (χ1v) is 6.23. The molecular formula is C11H11BrClNO4. The smallest absolute Gasteiger partial charge is 0.332 e. The van der Waals surface area contributed by atoms with Crippen LogP contribution in [0.1, 0.15) is 16.8 Å². The van der Waals surface area contributed by atoms with Gasteiger partial charge in [-0.3, -0.25) is 4.79 Å². The Balaban J connectivity index is 2.50. The molecule has 1 aromatic rings. The number of carbonyl (C=O) groups excluding carboxylic acids is 1. The number of amides is 1. The quantitative estimate of drug-likeness (QED) is 0.763. The third kappa shape index (κ3) is 4.29. The minimum atomic E-state index is -1.47. The van der Waals surface area contributed by atoms with Gasteiger partial charge in [-0.25, -0.2) is 4.79 Å². The van der Waals surface area contributed by atoms with Crippen LogP contribution in [0.2, 0.25) is 5.02 Å². The normalized spacial score (nSPS) is 11.9. The summed E-state index contributed by atoms with van der Waals surface area (Å²) in [5.74, 6) is -1.66. The Labute approximate surface area is 117 Å². The molecule has 1 rings (SSSR count). The van der Waals surface area contributed by atoms with Crippen molar-refractivity contribution < 1.29 is 19.8 Å². The number of benzene rings is 1. The van der Waals surface area contributed by atoms with Gasteiger partial charge < -0.3 is 15.5 Å². The fraction of sp³-hybridized carbons (Fsp3) is 0.273. The van der Waals surface area contributed by atoms with Gasteiger partial charge in [-0.2, -0.15) is 0 Å². The van der Waals surface area contributed by atoms with Crippen molar-refractivity contribution in [1.82, 2.24) is 5.32 Å². The minimum Gasteiger partial charge on any atom is -0.479 e. The van der Waals surface area contributed by atoms with E-state index in [4.69, 9.17) is 21.8 Å². The van der Waals surface area contributed by atoms with E-state index in [0.717, 1.165) is 0 Å². The van der Waals surface area contributed by atoms with Gasteiger partial charge in [0.05, 0.1) is 5.02 Å². The molecule has 1 amide bonds. The first-order chi connectivity index (χ1) is 8.41. The Morgan fingerprint density at radius 3 is 2.67 bits per heavy atom. The molecule has 0 aliphatic carbocycles. The molecule has 7 heteroatoms. The number of aliphatic hydroxyl groups excluding tert-OH is 1. The van der Waals surface area contributed by atoms with Crippen molar-refractivity contribution in [2.75, 3.05) is 6.54 Å². The van der Waals surface area contributed by atoms with Gasteiger partial charge in [0.25, 0.3) is 5.91 Å². The van der Waals surface area contributed by atoms with Gasteiger partial charge in [-0.05, 0) is 34.1 Å². The van der Waals surface area contributed by atoms with Crippen LogP contribution in [0.4, 0.5) is 0 Å². The predicted octanol–water partition coefficient (Wildman–Crippen LogP) is 1.67. The monoisotopic (exact) mass is 335 g/mol. The van der Waals surface area contributed by atoms with Crippen molar-refractivity contribution in [2.24, 2.45) is 0 Å². The fourth-order valence-electron chi connectivity index (χ4n) is 1.19. The van der Waals surface area contributed by atoms with Gasteiger partial charge in [0.2, 0.25) is 0 Å². The minimum absolute atomic E-state index is 0.0458. The summed E-state index contributed by atoms with van der Waals surface area (Å²) in [4.78, 5) is 22.0. The van der Waals surface area contributed by atoms with Crippen molar-refractivity contribution >= 4 is 39.4 Å². The Morgan fingerprint density at radius 2 is 2.11 bits per heavy atom. The number of carboxylic acid groups (broad SMARTS) is 1. The van der Waals surface area contributed by atoms with Crippen molar-refractivity contribution in [3.05, 3.63) is 33.3 Å². The van der Waals surface area contributed by atoms with Crippen LogP contribution in [0.15, 0.2) is 22.7 Å². The summed E-state index contributed by atoms with van der Waals surface area (Å²) in [7, 11) is 0. The summed E-state index contributed by atoms with van der Waals surface area (Å²) in [5, 5.41) is 20.5. The number of aliphatic hydroxyl groups is 1. The van der Waals surface area contributed by atoms with E-state index in [-0.39, 0.29) is 18.9 Å². The maximum Gasteiger partial charge on any atom is 0.332 e. The van der Waals surface area contributed by atoms with Crippen molar-refractivity contribution in [3.63, 3.8) is 0 Å². The first-order valence-electron chi connectivity index (χ1n) is 5.06. The lowest BCUT2D eigenvalue weighted by Gasteiger charge is -2.08. The van der Waals surface area contributed by atoms with Crippen molar-refractivity contribution in [3.8, 4) is 0 Å². The molecule has 0 saturated heterocycles. The molecule has 1 aromatic carbocycles. The maximum atomic E-state index is 11.7. The standard InChI is InChI=1S/C11H11BrClNO4/c12-7-5-6(1-2-8(7)13)10(16)14-4-3-9(15)11(17)18/h1-2,5,9,15H,3-4H2,(H,14,16)(H,17,18). The van der Waals surface area contributed by atoms with E-state index in [1.54, 1.807) is 18.2 Å². The summed E-state index contributed by atoms with van der Waals surface area (Å²) in [6, 6.07) is 4.69. The fourth-order valence-corrected chi connectivity index (χ4v) is 1.68. The second-order valence-electron chi connectivity index (χ2n) is 3.53. The molecule has 1 atom stereocenters. The molecular weight excluding hydrogens is 325 g/mol. The lowest BCUT2D eigenvalue weighted by molar-refractivity contribution is -0.146. The topological polar surface area (TPSA) is 86.6 Å². The second kappa shape index (κ2) is 6.72. The molecule has 0 saturated carbocycles. The Kier molecular flexibility index (Phi) is 5.58. The van der Waals surface area contributed by atoms with Crippen LogP contribution in [0.3, 0.4) is 0 Å². The molecule has 0 aromatic heterocycles. The number of aliphatic carboxylic acids is 1. The van der Waals surface area contributed by atoms with Crippen molar-refractivity contribution in [2.45, 2.75) is 12.5 Å². The number of nitrogens with one attached hydrogen (secondary N) is 1. The molecule has 0 aliphatic rings. The molecule has 0 heterocycles. The molecule has 0 radical (unpaired) electrons. The Bertz CT molecular complexity index is 466. The highest BCUT2D eigenvalue weighted by molar-refractivity contribution is 9.10. The highest BCUT2D eigenvalue weighted by Crippen LogP contribution is 2.23. The molecule has 0 fully saturated rings. The maximum absolute atomic E-state index is 11.7. The number of halogens is 2.